The Bertz CT molecular complexity index is 375. The molecule has 0 atom stereocenters. The van der Waals surface area contributed by atoms with Gasteiger partial charge >= 0.3 is 6.43 Å². The van der Waals surface area contributed by atoms with Gasteiger partial charge in [-0.15, -0.1) is 0 Å². The van der Waals surface area contributed by atoms with E-state index in [0.717, 1.165) is 0 Å². The van der Waals surface area contributed by atoms with E-state index >= 15 is 0 Å². The summed E-state index contributed by atoms with van der Waals surface area (Å²) in [5.41, 5.74) is 1.15. The van der Waals surface area contributed by atoms with Crippen LogP contribution in [0.1, 0.15) is 21.5 Å². The van der Waals surface area contributed by atoms with Crippen LogP contribution in [0.3, 0.4) is 0 Å². The lowest BCUT2D eigenvalue weighted by Gasteiger charge is -2.06. The first-order valence-corrected chi connectivity index (χ1v) is 4.40. The molecule has 1 aromatic carbocycles. The lowest BCUT2D eigenvalue weighted by molar-refractivity contribution is 0.0678. The number of aryl methyl sites for hydroxylation is 2. The second-order valence-electron chi connectivity index (χ2n) is 3.08. The quantitative estimate of drug-likeness (QED) is 0.696. The number of benzene rings is 1. The molecule has 0 radical (unpaired) electrons. The van der Waals surface area contributed by atoms with Crippen LogP contribution in [-0.4, -0.2) is 12.2 Å². The van der Waals surface area contributed by atoms with Gasteiger partial charge < -0.3 is 0 Å². The Balaban J connectivity index is 3.22. The van der Waals surface area contributed by atoms with Crippen LogP contribution >= 0.6 is 11.6 Å². The minimum Gasteiger partial charge on any atom is -0.288 e. The summed E-state index contributed by atoms with van der Waals surface area (Å²) in [6.45, 7) is 3.25. The molecule has 0 unspecified atom stereocenters. The van der Waals surface area contributed by atoms with Crippen molar-refractivity contribution in [1.82, 2.24) is 0 Å². The summed E-state index contributed by atoms with van der Waals surface area (Å²) >= 11 is 5.77. The fourth-order valence-electron chi connectivity index (χ4n) is 1.16. The van der Waals surface area contributed by atoms with Gasteiger partial charge in [0, 0.05) is 10.6 Å². The lowest BCUT2D eigenvalue weighted by atomic mass is 10.0. The highest BCUT2D eigenvalue weighted by Crippen LogP contribution is 2.22. The monoisotopic (exact) mass is 218 g/mol. The first kappa shape index (κ1) is 11.1. The minimum atomic E-state index is -2.96. The molecular formula is C10H9ClF2O. The summed E-state index contributed by atoms with van der Waals surface area (Å²) in [7, 11) is 0. The summed E-state index contributed by atoms with van der Waals surface area (Å²) in [6, 6.07) is 2.92. The van der Waals surface area contributed by atoms with Crippen molar-refractivity contribution >= 4 is 17.4 Å². The zero-order valence-electron chi connectivity index (χ0n) is 7.77. The Morgan fingerprint density at radius 2 is 1.86 bits per heavy atom. The standard InChI is InChI=1S/C10H9ClF2O/c1-5-4-8(11)6(2)3-7(5)9(14)10(12)13/h3-4,10H,1-2H3. The number of hydrogen-bond acceptors (Lipinski definition) is 1. The number of carbonyl (C=O) groups excluding carboxylic acids is 1. The number of alkyl halides is 2. The molecule has 0 aliphatic carbocycles. The van der Waals surface area contributed by atoms with Gasteiger partial charge in [-0.25, -0.2) is 8.78 Å². The predicted octanol–water partition coefficient (Wildman–Crippen LogP) is 3.40. The Labute approximate surface area is 85.7 Å². The van der Waals surface area contributed by atoms with E-state index < -0.39 is 12.2 Å². The molecule has 1 nitrogen and oxygen atoms in total. The fourth-order valence-corrected chi connectivity index (χ4v) is 1.38. The van der Waals surface area contributed by atoms with E-state index in [0.29, 0.717) is 16.1 Å². The van der Waals surface area contributed by atoms with Crippen molar-refractivity contribution in [2.24, 2.45) is 0 Å². The molecule has 0 amide bonds. The van der Waals surface area contributed by atoms with Crippen LogP contribution in [0, 0.1) is 13.8 Å². The predicted molar refractivity (Wildman–Crippen MR) is 51.3 cm³/mol. The van der Waals surface area contributed by atoms with Crippen LogP contribution in [0.4, 0.5) is 8.78 Å². The molecule has 4 heteroatoms. The fraction of sp³-hybridized carbons (Fsp3) is 0.300. The summed E-state index contributed by atoms with van der Waals surface area (Å²) in [6.07, 6.45) is -2.96. The van der Waals surface area contributed by atoms with Crippen molar-refractivity contribution in [3.8, 4) is 0 Å². The third kappa shape index (κ3) is 2.10. The number of hydrogen-bond donors (Lipinski definition) is 0. The van der Waals surface area contributed by atoms with Crippen LogP contribution in [0.25, 0.3) is 0 Å². The van der Waals surface area contributed by atoms with Crippen LogP contribution in [0.15, 0.2) is 12.1 Å². The molecule has 0 saturated carbocycles. The van der Waals surface area contributed by atoms with Crippen LogP contribution in [0.5, 0.6) is 0 Å². The van der Waals surface area contributed by atoms with E-state index in [4.69, 9.17) is 11.6 Å². The highest BCUT2D eigenvalue weighted by Gasteiger charge is 2.20. The number of ketones is 1. The number of carbonyl (C=O) groups is 1. The van der Waals surface area contributed by atoms with Gasteiger partial charge in [0.2, 0.25) is 5.78 Å². The van der Waals surface area contributed by atoms with Gasteiger partial charge in [0.25, 0.3) is 0 Å². The normalized spacial score (nSPS) is 10.7. The third-order valence-electron chi connectivity index (χ3n) is 1.97. The zero-order chi connectivity index (χ0) is 10.9. The van der Waals surface area contributed by atoms with E-state index in [1.54, 1.807) is 13.8 Å². The lowest BCUT2D eigenvalue weighted by Crippen LogP contribution is -2.12. The number of halogens is 3. The second-order valence-corrected chi connectivity index (χ2v) is 3.49. The molecule has 0 saturated heterocycles. The Kier molecular flexibility index (Phi) is 3.21. The summed E-state index contributed by atoms with van der Waals surface area (Å²) in [5, 5.41) is 0.480. The largest absolute Gasteiger partial charge is 0.300 e. The van der Waals surface area contributed by atoms with E-state index in [2.05, 4.69) is 0 Å². The second kappa shape index (κ2) is 4.05. The highest BCUT2D eigenvalue weighted by atomic mass is 35.5. The third-order valence-corrected chi connectivity index (χ3v) is 2.38. The first-order chi connectivity index (χ1) is 6.43. The van der Waals surface area contributed by atoms with Gasteiger partial charge in [-0.05, 0) is 37.1 Å². The molecule has 0 aromatic heterocycles. The Morgan fingerprint density at radius 1 is 1.29 bits per heavy atom. The van der Waals surface area contributed by atoms with Crippen LogP contribution in [-0.2, 0) is 0 Å². The minimum absolute atomic E-state index is 0.0434. The number of Topliss-reactive ketones (excluding diaryl/α,β-unsaturated/α-hetero) is 1. The van der Waals surface area contributed by atoms with Gasteiger partial charge in [-0.3, -0.25) is 4.79 Å². The molecule has 1 rings (SSSR count). The average molecular weight is 219 g/mol. The smallest absolute Gasteiger partial charge is 0.288 e. The van der Waals surface area contributed by atoms with Crippen molar-refractivity contribution < 1.29 is 13.6 Å². The summed E-state index contributed by atoms with van der Waals surface area (Å²) in [5.74, 6) is -1.15. The summed E-state index contributed by atoms with van der Waals surface area (Å²) < 4.78 is 24.3. The maximum Gasteiger partial charge on any atom is 0.300 e. The zero-order valence-corrected chi connectivity index (χ0v) is 8.53. The Morgan fingerprint density at radius 3 is 2.36 bits per heavy atom. The first-order valence-electron chi connectivity index (χ1n) is 4.02. The highest BCUT2D eigenvalue weighted by molar-refractivity contribution is 6.31. The molecule has 1 aromatic rings. The maximum absolute atomic E-state index is 12.1. The van der Waals surface area contributed by atoms with Crippen LogP contribution < -0.4 is 0 Å². The SMILES string of the molecule is Cc1cc(C(=O)C(F)F)c(C)cc1Cl. The molecule has 0 bridgehead atoms. The average Bonchev–Trinajstić information content (AvgIpc) is 2.10. The van der Waals surface area contributed by atoms with E-state index in [1.807, 2.05) is 0 Å². The van der Waals surface area contributed by atoms with Crippen molar-refractivity contribution in [2.75, 3.05) is 0 Å². The maximum atomic E-state index is 12.1. The molecule has 0 aliphatic heterocycles. The molecule has 76 valence electrons. The van der Waals surface area contributed by atoms with Gasteiger partial charge in [0.15, 0.2) is 0 Å². The van der Waals surface area contributed by atoms with E-state index in [1.165, 1.54) is 12.1 Å². The van der Waals surface area contributed by atoms with Gasteiger partial charge in [0.05, 0.1) is 0 Å². The topological polar surface area (TPSA) is 17.1 Å². The van der Waals surface area contributed by atoms with Crippen LogP contribution in [0.2, 0.25) is 5.02 Å². The van der Waals surface area contributed by atoms with E-state index in [-0.39, 0.29) is 5.56 Å². The van der Waals surface area contributed by atoms with E-state index in [9.17, 15) is 13.6 Å². The molecule has 0 heterocycles. The van der Waals surface area contributed by atoms with Gasteiger partial charge in [-0.1, -0.05) is 11.6 Å². The molecule has 0 N–H and O–H groups in total. The number of rotatable bonds is 2. The molecule has 0 fully saturated rings. The van der Waals surface area contributed by atoms with Crippen molar-refractivity contribution in [1.29, 1.82) is 0 Å². The van der Waals surface area contributed by atoms with Gasteiger partial charge in [-0.2, -0.15) is 0 Å². The van der Waals surface area contributed by atoms with Crippen molar-refractivity contribution in [2.45, 2.75) is 20.3 Å². The Hall–Kier alpha value is -0.960. The van der Waals surface area contributed by atoms with Gasteiger partial charge in [0.1, 0.15) is 0 Å². The molecule has 0 aliphatic rings. The van der Waals surface area contributed by atoms with Crippen molar-refractivity contribution in [3.05, 3.63) is 33.8 Å². The molecule has 0 spiro atoms. The summed E-state index contributed by atoms with van der Waals surface area (Å²) in [4.78, 5) is 11.0. The van der Waals surface area contributed by atoms with Crippen molar-refractivity contribution in [3.63, 3.8) is 0 Å². The molecule has 14 heavy (non-hydrogen) atoms. The molecular weight excluding hydrogens is 210 g/mol.